The summed E-state index contributed by atoms with van der Waals surface area (Å²) in [7, 11) is 1.52. The highest BCUT2D eigenvalue weighted by Crippen LogP contribution is 2.51. The predicted octanol–water partition coefficient (Wildman–Crippen LogP) is 2.88. The van der Waals surface area contributed by atoms with Crippen LogP contribution in [0.15, 0.2) is 24.3 Å². The van der Waals surface area contributed by atoms with E-state index in [4.69, 9.17) is 14.2 Å². The number of methoxy groups -OCH3 is 1. The van der Waals surface area contributed by atoms with Crippen LogP contribution in [0.25, 0.3) is 6.08 Å². The number of ether oxygens (including phenoxy) is 3. The number of carbonyl (C=O) groups excluding carboxylic acids is 1. The summed E-state index contributed by atoms with van der Waals surface area (Å²) in [6, 6.07) is 5.36. The molecule has 2 unspecified atom stereocenters. The molecular formula is C21H29NO6. The molecule has 7 nitrogen and oxygen atoms in total. The van der Waals surface area contributed by atoms with E-state index in [1.807, 2.05) is 32.1 Å². The number of hydrogen-bond donors (Lipinski definition) is 2. The molecule has 1 aliphatic carbocycles. The molecule has 0 heterocycles. The Bertz CT molecular complexity index is 757. The van der Waals surface area contributed by atoms with Gasteiger partial charge < -0.3 is 24.6 Å². The van der Waals surface area contributed by atoms with Crippen molar-refractivity contribution in [3.05, 3.63) is 29.8 Å². The summed E-state index contributed by atoms with van der Waals surface area (Å²) in [6.07, 6.45) is 3.82. The van der Waals surface area contributed by atoms with Crippen LogP contribution in [0.1, 0.15) is 39.7 Å². The Morgan fingerprint density at radius 3 is 2.57 bits per heavy atom. The van der Waals surface area contributed by atoms with Gasteiger partial charge in [0, 0.05) is 18.4 Å². The average Bonchev–Trinajstić information content (AvgIpc) is 2.65. The molecule has 2 atom stereocenters. The molecule has 0 spiro atoms. The zero-order valence-electron chi connectivity index (χ0n) is 17.1. The molecule has 2 rings (SSSR count). The van der Waals surface area contributed by atoms with E-state index in [0.29, 0.717) is 18.1 Å². The Labute approximate surface area is 165 Å². The Hall–Kier alpha value is -2.54. The molecule has 1 aromatic rings. The van der Waals surface area contributed by atoms with Gasteiger partial charge in [-0.25, -0.2) is 4.79 Å². The minimum absolute atomic E-state index is 0.219. The second-order valence-corrected chi connectivity index (χ2v) is 7.33. The maximum atomic E-state index is 12.5. The maximum absolute atomic E-state index is 12.5. The molecule has 7 heteroatoms. The van der Waals surface area contributed by atoms with Crippen molar-refractivity contribution in [3.8, 4) is 11.5 Å². The van der Waals surface area contributed by atoms with E-state index < -0.39 is 22.8 Å². The summed E-state index contributed by atoms with van der Waals surface area (Å²) >= 11 is 0. The van der Waals surface area contributed by atoms with Crippen LogP contribution >= 0.6 is 0 Å². The van der Waals surface area contributed by atoms with Crippen molar-refractivity contribution >= 4 is 18.0 Å². The number of amides is 1. The van der Waals surface area contributed by atoms with Crippen LogP contribution in [0.3, 0.4) is 0 Å². The topological polar surface area (TPSA) is 94.1 Å². The van der Waals surface area contributed by atoms with E-state index in [1.54, 1.807) is 26.0 Å². The summed E-state index contributed by atoms with van der Waals surface area (Å²) in [5.74, 6) is -0.674. The lowest BCUT2D eigenvalue weighted by atomic mass is 9.54. The summed E-state index contributed by atoms with van der Waals surface area (Å²) in [6.45, 7) is 7.52. The molecular weight excluding hydrogens is 362 g/mol. The van der Waals surface area contributed by atoms with Gasteiger partial charge in [-0.2, -0.15) is 0 Å². The normalized spacial score (nSPS) is 23.1. The quantitative estimate of drug-likeness (QED) is 0.672. The average molecular weight is 391 g/mol. The number of rotatable bonds is 9. The van der Waals surface area contributed by atoms with E-state index in [2.05, 4.69) is 5.32 Å². The van der Waals surface area contributed by atoms with Gasteiger partial charge in [0.1, 0.15) is 5.54 Å². The number of hydrogen-bond acceptors (Lipinski definition) is 5. The minimum Gasteiger partial charge on any atom is -0.493 e. The van der Waals surface area contributed by atoms with Crippen LogP contribution in [0.4, 0.5) is 0 Å². The van der Waals surface area contributed by atoms with Crippen LogP contribution in [-0.2, 0) is 14.3 Å². The van der Waals surface area contributed by atoms with Gasteiger partial charge in [0.2, 0.25) is 0 Å². The van der Waals surface area contributed by atoms with Crippen molar-refractivity contribution < 1.29 is 28.9 Å². The molecule has 0 aliphatic heterocycles. The first-order chi connectivity index (χ1) is 13.2. The molecule has 1 aliphatic rings. The lowest BCUT2D eigenvalue weighted by molar-refractivity contribution is -0.194. The lowest BCUT2D eigenvalue weighted by Crippen LogP contribution is -2.76. The number of carboxylic acid groups (broad SMARTS) is 1. The van der Waals surface area contributed by atoms with Crippen LogP contribution in [-0.4, -0.2) is 48.9 Å². The maximum Gasteiger partial charge on any atom is 0.330 e. The second kappa shape index (κ2) is 8.65. The van der Waals surface area contributed by atoms with Gasteiger partial charge in [0.05, 0.1) is 13.2 Å². The summed E-state index contributed by atoms with van der Waals surface area (Å²) < 4.78 is 16.5. The Kier molecular flexibility index (Phi) is 6.72. The van der Waals surface area contributed by atoms with Crippen LogP contribution in [0.2, 0.25) is 0 Å². The highest BCUT2D eigenvalue weighted by atomic mass is 16.5. The zero-order valence-corrected chi connectivity index (χ0v) is 17.1. The van der Waals surface area contributed by atoms with Gasteiger partial charge >= 0.3 is 5.97 Å². The molecule has 0 aromatic heterocycles. The molecule has 0 saturated heterocycles. The molecule has 2 N–H and O–H groups in total. The molecule has 0 radical (unpaired) electrons. The molecule has 1 amide bonds. The summed E-state index contributed by atoms with van der Waals surface area (Å²) in [5.41, 5.74) is -1.18. The van der Waals surface area contributed by atoms with E-state index in [0.717, 1.165) is 5.56 Å². The fourth-order valence-corrected chi connectivity index (χ4v) is 3.55. The smallest absolute Gasteiger partial charge is 0.330 e. The fraction of sp³-hybridized carbons (Fsp3) is 0.524. The molecule has 1 fully saturated rings. The fourth-order valence-electron chi connectivity index (χ4n) is 3.55. The van der Waals surface area contributed by atoms with E-state index in [1.165, 1.54) is 7.11 Å². The van der Waals surface area contributed by atoms with Crippen LogP contribution in [0.5, 0.6) is 11.5 Å². The number of allylic oxidation sites excluding steroid dienone is 1. The van der Waals surface area contributed by atoms with Gasteiger partial charge in [-0.3, -0.25) is 4.79 Å². The highest BCUT2D eigenvalue weighted by molar-refractivity contribution is 5.90. The first-order valence-corrected chi connectivity index (χ1v) is 9.31. The Morgan fingerprint density at radius 1 is 1.32 bits per heavy atom. The Balaban J connectivity index is 2.06. The number of carbonyl (C=O) groups is 2. The molecule has 1 saturated carbocycles. The van der Waals surface area contributed by atoms with E-state index >= 15 is 0 Å². The van der Waals surface area contributed by atoms with Crippen LogP contribution < -0.4 is 14.8 Å². The van der Waals surface area contributed by atoms with E-state index in [9.17, 15) is 14.7 Å². The minimum atomic E-state index is -1.38. The highest BCUT2D eigenvalue weighted by Gasteiger charge is 2.66. The second-order valence-electron chi connectivity index (χ2n) is 7.33. The van der Waals surface area contributed by atoms with Crippen molar-refractivity contribution in [1.82, 2.24) is 5.32 Å². The first kappa shape index (κ1) is 21.8. The van der Waals surface area contributed by atoms with Gasteiger partial charge in [-0.15, -0.1) is 0 Å². The number of nitrogens with one attached hydrogen (secondary N) is 1. The standard InChI is InChI=1S/C21H29NO6/c1-6-8-14-9-10-15(16(11-14)26-5)28-13-18(23)22-21(19(24)25)12-17(27-7-2)20(21,3)4/h6,8-11,17H,7,12-13H2,1-5H3,(H,22,23)(H,24,25)/b8-6+. The number of aliphatic carboxylic acids is 1. The van der Waals surface area contributed by atoms with E-state index in [-0.39, 0.29) is 19.1 Å². The number of benzene rings is 1. The van der Waals surface area contributed by atoms with Crippen molar-refractivity contribution in [3.63, 3.8) is 0 Å². The third-order valence-electron chi connectivity index (χ3n) is 5.39. The van der Waals surface area contributed by atoms with Crippen molar-refractivity contribution in [2.24, 2.45) is 5.41 Å². The first-order valence-electron chi connectivity index (χ1n) is 9.31. The third-order valence-corrected chi connectivity index (χ3v) is 5.39. The molecule has 1 aromatic carbocycles. The monoisotopic (exact) mass is 391 g/mol. The van der Waals surface area contributed by atoms with Gasteiger partial charge in [-0.05, 0) is 31.5 Å². The number of carboxylic acids is 1. The van der Waals surface area contributed by atoms with Gasteiger partial charge in [0.15, 0.2) is 18.1 Å². The third kappa shape index (κ3) is 3.99. The van der Waals surface area contributed by atoms with Crippen molar-refractivity contribution in [2.45, 2.75) is 45.8 Å². The Morgan fingerprint density at radius 2 is 2.04 bits per heavy atom. The van der Waals surface area contributed by atoms with Crippen molar-refractivity contribution in [2.75, 3.05) is 20.3 Å². The predicted molar refractivity (Wildman–Crippen MR) is 106 cm³/mol. The van der Waals surface area contributed by atoms with Crippen molar-refractivity contribution in [1.29, 1.82) is 0 Å². The largest absolute Gasteiger partial charge is 0.493 e. The molecule has 28 heavy (non-hydrogen) atoms. The summed E-state index contributed by atoms with van der Waals surface area (Å²) in [4.78, 5) is 24.4. The lowest BCUT2D eigenvalue weighted by Gasteiger charge is -2.58. The summed E-state index contributed by atoms with van der Waals surface area (Å²) in [5, 5.41) is 12.4. The van der Waals surface area contributed by atoms with Gasteiger partial charge in [-0.1, -0.05) is 32.1 Å². The van der Waals surface area contributed by atoms with Gasteiger partial charge in [0.25, 0.3) is 5.91 Å². The zero-order chi connectivity index (χ0) is 20.9. The SMILES string of the molecule is C/C=C/c1ccc(OCC(=O)NC2(C(=O)O)CC(OCC)C2(C)C)c(OC)c1. The van der Waals surface area contributed by atoms with Crippen LogP contribution in [0, 0.1) is 5.41 Å². The molecule has 154 valence electrons. The molecule has 0 bridgehead atoms.